The van der Waals surface area contributed by atoms with Crippen LogP contribution in [0.1, 0.15) is 4.88 Å². The third kappa shape index (κ3) is 3.38. The van der Waals surface area contributed by atoms with E-state index in [-0.39, 0.29) is 6.42 Å². The third-order valence-electron chi connectivity index (χ3n) is 3.04. The van der Waals surface area contributed by atoms with Crippen molar-refractivity contribution in [1.82, 2.24) is 15.0 Å². The summed E-state index contributed by atoms with van der Waals surface area (Å²) in [6.07, 6.45) is 3.24. The smallest absolute Gasteiger partial charge is 0.224 e. The molecule has 0 spiro atoms. The average molecular weight is 345 g/mol. The van der Waals surface area contributed by atoms with Gasteiger partial charge in [-0.25, -0.2) is 15.0 Å². The molecule has 0 saturated heterocycles. The molecule has 0 atom stereocenters. The minimum Gasteiger partial charge on any atom is -0.550 e. The Balaban J connectivity index is 2.01. The zero-order chi connectivity index (χ0) is 16.4. The maximum absolute atomic E-state index is 11.0. The standard InChI is InChI=1S/C15H14N4O2S2/c1-19(2)15-16-7-9(8-17-15)14-18-13(10-4-3-5-22-10)11(23-14)6-12(20)21/h3-5,7-8H,6H2,1-2H3,(H,20,21)/p-1. The number of carboxylic acids is 1. The van der Waals surface area contributed by atoms with Gasteiger partial charge < -0.3 is 14.8 Å². The van der Waals surface area contributed by atoms with E-state index in [0.29, 0.717) is 21.5 Å². The number of hydrogen-bond donors (Lipinski definition) is 0. The van der Waals surface area contributed by atoms with E-state index >= 15 is 0 Å². The summed E-state index contributed by atoms with van der Waals surface area (Å²) >= 11 is 2.86. The van der Waals surface area contributed by atoms with Gasteiger partial charge in [0.25, 0.3) is 0 Å². The molecular formula is C15H13N4O2S2-. The highest BCUT2D eigenvalue weighted by atomic mass is 32.1. The fraction of sp³-hybridized carbons (Fsp3) is 0.200. The molecule has 0 N–H and O–H groups in total. The van der Waals surface area contributed by atoms with Crippen LogP contribution in [0.25, 0.3) is 21.1 Å². The zero-order valence-corrected chi connectivity index (χ0v) is 14.1. The molecule has 3 heterocycles. The van der Waals surface area contributed by atoms with Gasteiger partial charge in [0.15, 0.2) is 0 Å². The van der Waals surface area contributed by atoms with Crippen LogP contribution in [0, 0.1) is 0 Å². The average Bonchev–Trinajstić information content (AvgIpc) is 3.16. The highest BCUT2D eigenvalue weighted by molar-refractivity contribution is 7.17. The number of thiophene rings is 1. The van der Waals surface area contributed by atoms with Gasteiger partial charge in [0.05, 0.1) is 10.6 Å². The van der Waals surface area contributed by atoms with Gasteiger partial charge in [-0.05, 0) is 11.4 Å². The molecular weight excluding hydrogens is 332 g/mol. The molecule has 3 aromatic heterocycles. The second-order valence-corrected chi connectivity index (χ2v) is 7.01. The number of aliphatic carboxylic acids is 1. The van der Waals surface area contributed by atoms with Crippen molar-refractivity contribution in [3.8, 4) is 21.1 Å². The summed E-state index contributed by atoms with van der Waals surface area (Å²) in [6, 6.07) is 3.84. The fourth-order valence-electron chi connectivity index (χ4n) is 1.99. The molecule has 23 heavy (non-hydrogen) atoms. The lowest BCUT2D eigenvalue weighted by molar-refractivity contribution is -0.304. The molecule has 8 heteroatoms. The fourth-order valence-corrected chi connectivity index (χ4v) is 3.84. The summed E-state index contributed by atoms with van der Waals surface area (Å²) in [6.45, 7) is 0. The largest absolute Gasteiger partial charge is 0.550 e. The molecule has 0 unspecified atom stereocenters. The summed E-state index contributed by atoms with van der Waals surface area (Å²) in [4.78, 5) is 27.6. The molecule has 0 radical (unpaired) electrons. The normalized spacial score (nSPS) is 10.7. The highest BCUT2D eigenvalue weighted by Gasteiger charge is 2.16. The Hall–Kier alpha value is -2.32. The number of carboxylic acid groups (broad SMARTS) is 1. The van der Waals surface area contributed by atoms with Crippen LogP contribution in [0.4, 0.5) is 5.95 Å². The third-order valence-corrected chi connectivity index (χ3v) is 5.02. The molecule has 0 aliphatic heterocycles. The van der Waals surface area contributed by atoms with Gasteiger partial charge in [0.2, 0.25) is 5.95 Å². The van der Waals surface area contributed by atoms with E-state index in [1.807, 2.05) is 36.5 Å². The molecule has 0 fully saturated rings. The van der Waals surface area contributed by atoms with Crippen molar-refractivity contribution in [2.45, 2.75) is 6.42 Å². The second-order valence-electron chi connectivity index (χ2n) is 4.98. The second kappa shape index (κ2) is 6.43. The predicted molar refractivity (Wildman–Crippen MR) is 89.5 cm³/mol. The first-order valence-electron chi connectivity index (χ1n) is 6.77. The molecule has 3 aromatic rings. The number of nitrogens with zero attached hydrogens (tertiary/aromatic N) is 4. The van der Waals surface area contributed by atoms with Crippen LogP contribution < -0.4 is 10.0 Å². The summed E-state index contributed by atoms with van der Waals surface area (Å²) < 4.78 is 0. The van der Waals surface area contributed by atoms with Gasteiger partial charge in [0.1, 0.15) is 5.01 Å². The molecule has 3 rings (SSSR count). The molecule has 0 saturated carbocycles. The number of carbonyl (C=O) groups is 1. The van der Waals surface area contributed by atoms with Gasteiger partial charge in [0, 0.05) is 49.3 Å². The summed E-state index contributed by atoms with van der Waals surface area (Å²) in [5, 5.41) is 13.6. The Kier molecular flexibility index (Phi) is 4.35. The number of anilines is 1. The van der Waals surface area contributed by atoms with Crippen molar-refractivity contribution >= 4 is 34.6 Å². The number of carbonyl (C=O) groups excluding carboxylic acids is 1. The summed E-state index contributed by atoms with van der Waals surface area (Å²) in [5.41, 5.74) is 1.46. The van der Waals surface area contributed by atoms with Gasteiger partial charge in [-0.1, -0.05) is 6.07 Å². The van der Waals surface area contributed by atoms with E-state index in [2.05, 4.69) is 15.0 Å². The maximum atomic E-state index is 11.0. The maximum Gasteiger partial charge on any atom is 0.224 e. The Bertz CT molecular complexity index is 811. The summed E-state index contributed by atoms with van der Waals surface area (Å²) in [5.74, 6) is -0.504. The molecule has 0 aliphatic rings. The van der Waals surface area contributed by atoms with Gasteiger partial charge in [-0.2, -0.15) is 0 Å². The summed E-state index contributed by atoms with van der Waals surface area (Å²) in [7, 11) is 3.73. The number of hydrogen-bond acceptors (Lipinski definition) is 8. The molecule has 0 aromatic carbocycles. The van der Waals surface area contributed by atoms with Crippen LogP contribution in [0.2, 0.25) is 0 Å². The number of rotatable bonds is 5. The van der Waals surface area contributed by atoms with Crippen LogP contribution in [-0.4, -0.2) is 35.0 Å². The first kappa shape index (κ1) is 15.6. The molecule has 0 aliphatic carbocycles. The Morgan fingerprint density at radius 2 is 2.04 bits per heavy atom. The lowest BCUT2D eigenvalue weighted by Gasteiger charge is -2.08. The first-order valence-corrected chi connectivity index (χ1v) is 8.47. The highest BCUT2D eigenvalue weighted by Crippen LogP contribution is 2.35. The quantitative estimate of drug-likeness (QED) is 0.700. The van der Waals surface area contributed by atoms with Crippen LogP contribution in [-0.2, 0) is 11.2 Å². The predicted octanol–water partition coefficient (Wildman–Crippen LogP) is 1.69. The van der Waals surface area contributed by atoms with Crippen LogP contribution in [0.3, 0.4) is 0 Å². The van der Waals surface area contributed by atoms with E-state index in [0.717, 1.165) is 10.4 Å². The minimum atomic E-state index is -1.11. The molecule has 6 nitrogen and oxygen atoms in total. The topological polar surface area (TPSA) is 82.0 Å². The van der Waals surface area contributed by atoms with Crippen molar-refractivity contribution in [3.05, 3.63) is 34.8 Å². The minimum absolute atomic E-state index is 0.151. The monoisotopic (exact) mass is 345 g/mol. The van der Waals surface area contributed by atoms with E-state index in [9.17, 15) is 9.90 Å². The van der Waals surface area contributed by atoms with Crippen molar-refractivity contribution in [2.24, 2.45) is 0 Å². The van der Waals surface area contributed by atoms with Crippen molar-refractivity contribution in [1.29, 1.82) is 0 Å². The van der Waals surface area contributed by atoms with E-state index in [1.54, 1.807) is 12.4 Å². The van der Waals surface area contributed by atoms with E-state index in [4.69, 9.17) is 0 Å². The molecule has 118 valence electrons. The number of aromatic nitrogens is 3. The van der Waals surface area contributed by atoms with Gasteiger partial charge >= 0.3 is 0 Å². The van der Waals surface area contributed by atoms with Crippen LogP contribution >= 0.6 is 22.7 Å². The van der Waals surface area contributed by atoms with E-state index < -0.39 is 5.97 Å². The number of thiazole rings is 1. The van der Waals surface area contributed by atoms with Gasteiger partial charge in [-0.3, -0.25) is 0 Å². The Labute approximate surface area is 141 Å². The van der Waals surface area contributed by atoms with Gasteiger partial charge in [-0.15, -0.1) is 22.7 Å². The Morgan fingerprint density at radius 1 is 1.30 bits per heavy atom. The van der Waals surface area contributed by atoms with Crippen molar-refractivity contribution < 1.29 is 9.90 Å². The first-order chi connectivity index (χ1) is 11.0. The lowest BCUT2D eigenvalue weighted by Crippen LogP contribution is -2.24. The molecule has 0 bridgehead atoms. The molecule has 0 amide bonds. The zero-order valence-electron chi connectivity index (χ0n) is 12.5. The van der Waals surface area contributed by atoms with Crippen LogP contribution in [0.15, 0.2) is 29.9 Å². The van der Waals surface area contributed by atoms with Crippen molar-refractivity contribution in [2.75, 3.05) is 19.0 Å². The van der Waals surface area contributed by atoms with Crippen molar-refractivity contribution in [3.63, 3.8) is 0 Å². The SMILES string of the molecule is CN(C)c1ncc(-c2nc(-c3cccs3)c(CC(=O)[O-])s2)cn1. The lowest BCUT2D eigenvalue weighted by atomic mass is 10.2. The van der Waals surface area contributed by atoms with E-state index in [1.165, 1.54) is 22.7 Å². The Morgan fingerprint density at radius 3 is 2.61 bits per heavy atom. The van der Waals surface area contributed by atoms with Crippen LogP contribution in [0.5, 0.6) is 0 Å².